The van der Waals surface area contributed by atoms with Crippen LogP contribution < -0.4 is 0 Å². The maximum Gasteiger partial charge on any atom is 0.133 e. The Morgan fingerprint density at radius 3 is 2.64 bits per heavy atom. The lowest BCUT2D eigenvalue weighted by atomic mass is 9.95. The highest BCUT2D eigenvalue weighted by atomic mass is 16.3. The molecule has 25 heavy (non-hydrogen) atoms. The second-order valence-corrected chi connectivity index (χ2v) is 6.77. The number of hydrogen-bond donors (Lipinski definition) is 0. The molecule has 0 fully saturated rings. The maximum absolute atomic E-state index is 5.48. The summed E-state index contributed by atoms with van der Waals surface area (Å²) in [5.74, 6) is 0. The average Bonchev–Trinajstić information content (AvgIpc) is 3.06. The minimum absolute atomic E-state index is 0.939. The lowest BCUT2D eigenvalue weighted by Gasteiger charge is -2.10. The van der Waals surface area contributed by atoms with Crippen molar-refractivity contribution in [1.82, 2.24) is 0 Å². The predicted molar refractivity (Wildman–Crippen MR) is 109 cm³/mol. The fourth-order valence-corrected chi connectivity index (χ4v) is 3.27. The van der Waals surface area contributed by atoms with Gasteiger partial charge in [0.25, 0.3) is 0 Å². The number of furan rings is 1. The van der Waals surface area contributed by atoms with Crippen LogP contribution in [0.1, 0.15) is 48.9 Å². The van der Waals surface area contributed by atoms with Crippen LogP contribution in [0, 0.1) is 13.8 Å². The van der Waals surface area contributed by atoms with E-state index in [1.54, 1.807) is 6.26 Å². The van der Waals surface area contributed by atoms with Crippen molar-refractivity contribution in [2.24, 2.45) is 0 Å². The summed E-state index contributed by atoms with van der Waals surface area (Å²) >= 11 is 0. The molecule has 1 nitrogen and oxygen atoms in total. The lowest BCUT2D eigenvalue weighted by Crippen LogP contribution is -1.89. The highest BCUT2D eigenvalue weighted by Gasteiger charge is 2.06. The Labute approximate surface area is 150 Å². The molecule has 0 spiro atoms. The SMILES string of the molecule is CCC/C=C(/C=C(/C)c1ccc(C)cc1C)c1ccc2occc2c1. The second kappa shape index (κ2) is 7.57. The number of rotatable bonds is 5. The molecule has 0 saturated heterocycles. The Balaban J connectivity index is 2.03. The van der Waals surface area contributed by atoms with Crippen LogP contribution in [0.5, 0.6) is 0 Å². The third kappa shape index (κ3) is 3.93. The molecular formula is C24H26O. The minimum atomic E-state index is 0.939. The zero-order chi connectivity index (χ0) is 17.8. The summed E-state index contributed by atoms with van der Waals surface area (Å²) in [5.41, 5.74) is 8.71. The van der Waals surface area contributed by atoms with E-state index in [1.807, 2.05) is 6.07 Å². The fraction of sp³-hybridized carbons (Fsp3) is 0.250. The number of benzene rings is 2. The van der Waals surface area contributed by atoms with Gasteiger partial charge in [-0.15, -0.1) is 0 Å². The van der Waals surface area contributed by atoms with Crippen molar-refractivity contribution in [2.45, 2.75) is 40.5 Å². The molecule has 0 aliphatic carbocycles. The molecule has 0 N–H and O–H groups in total. The lowest BCUT2D eigenvalue weighted by molar-refractivity contribution is 0.616. The van der Waals surface area contributed by atoms with Gasteiger partial charge in [-0.1, -0.05) is 55.3 Å². The summed E-state index contributed by atoms with van der Waals surface area (Å²) in [7, 11) is 0. The van der Waals surface area contributed by atoms with Crippen molar-refractivity contribution in [2.75, 3.05) is 0 Å². The van der Waals surface area contributed by atoms with Gasteiger partial charge in [-0.25, -0.2) is 0 Å². The van der Waals surface area contributed by atoms with E-state index in [9.17, 15) is 0 Å². The van der Waals surface area contributed by atoms with Crippen LogP contribution in [0.25, 0.3) is 22.1 Å². The molecule has 3 rings (SSSR count). The highest BCUT2D eigenvalue weighted by molar-refractivity contribution is 5.88. The molecule has 0 aliphatic heterocycles. The van der Waals surface area contributed by atoms with Gasteiger partial charge in [0, 0.05) is 5.39 Å². The predicted octanol–water partition coefficient (Wildman–Crippen LogP) is 7.34. The molecule has 2 aromatic carbocycles. The zero-order valence-corrected chi connectivity index (χ0v) is 15.6. The molecule has 0 bridgehead atoms. The van der Waals surface area contributed by atoms with Gasteiger partial charge in [-0.3, -0.25) is 0 Å². The molecule has 3 aromatic rings. The van der Waals surface area contributed by atoms with Crippen LogP contribution in [0.3, 0.4) is 0 Å². The van der Waals surface area contributed by atoms with E-state index in [2.05, 4.69) is 76.2 Å². The first-order valence-corrected chi connectivity index (χ1v) is 9.02. The third-order valence-corrected chi connectivity index (χ3v) is 4.62. The van der Waals surface area contributed by atoms with Gasteiger partial charge in [0.05, 0.1) is 6.26 Å². The standard InChI is InChI=1S/C24H26O/c1-5-6-7-20(21-9-11-24-22(16-21)12-13-25-24)15-19(4)23-10-8-17(2)14-18(23)3/h7-16H,5-6H2,1-4H3/b19-15-,20-7-. The van der Waals surface area contributed by atoms with Gasteiger partial charge in [-0.2, -0.15) is 0 Å². The number of aryl methyl sites for hydroxylation is 2. The van der Waals surface area contributed by atoms with E-state index in [0.717, 1.165) is 23.8 Å². The largest absolute Gasteiger partial charge is 0.464 e. The Morgan fingerprint density at radius 2 is 1.88 bits per heavy atom. The molecule has 0 saturated carbocycles. The molecule has 1 heteroatoms. The number of unbranched alkanes of at least 4 members (excludes halogenated alkanes) is 1. The van der Waals surface area contributed by atoms with Crippen molar-refractivity contribution in [1.29, 1.82) is 0 Å². The van der Waals surface area contributed by atoms with Crippen molar-refractivity contribution < 1.29 is 4.42 Å². The molecule has 1 aromatic heterocycles. The van der Waals surface area contributed by atoms with E-state index in [1.165, 1.54) is 33.4 Å². The van der Waals surface area contributed by atoms with Crippen LogP contribution in [-0.4, -0.2) is 0 Å². The molecular weight excluding hydrogens is 304 g/mol. The first kappa shape index (κ1) is 17.3. The Hall–Kier alpha value is -2.54. The Morgan fingerprint density at radius 1 is 1.04 bits per heavy atom. The second-order valence-electron chi connectivity index (χ2n) is 6.77. The van der Waals surface area contributed by atoms with Crippen molar-refractivity contribution in [3.05, 3.63) is 83.1 Å². The summed E-state index contributed by atoms with van der Waals surface area (Å²) in [5, 5.41) is 1.15. The topological polar surface area (TPSA) is 13.1 Å². The van der Waals surface area contributed by atoms with Gasteiger partial charge < -0.3 is 4.42 Å². The molecule has 0 aliphatic rings. The van der Waals surface area contributed by atoms with Crippen LogP contribution in [0.4, 0.5) is 0 Å². The minimum Gasteiger partial charge on any atom is -0.464 e. The van der Waals surface area contributed by atoms with Crippen LogP contribution in [0.2, 0.25) is 0 Å². The van der Waals surface area contributed by atoms with Crippen LogP contribution >= 0.6 is 0 Å². The molecule has 0 atom stereocenters. The fourth-order valence-electron chi connectivity index (χ4n) is 3.27. The zero-order valence-electron chi connectivity index (χ0n) is 15.6. The van der Waals surface area contributed by atoms with Gasteiger partial charge >= 0.3 is 0 Å². The summed E-state index contributed by atoms with van der Waals surface area (Å²) < 4.78 is 5.48. The Bertz CT molecular complexity index is 938. The maximum atomic E-state index is 5.48. The van der Waals surface area contributed by atoms with E-state index in [-0.39, 0.29) is 0 Å². The molecule has 0 radical (unpaired) electrons. The first-order valence-electron chi connectivity index (χ1n) is 9.02. The van der Waals surface area contributed by atoms with E-state index < -0.39 is 0 Å². The van der Waals surface area contributed by atoms with Gasteiger partial charge in [0.2, 0.25) is 0 Å². The van der Waals surface area contributed by atoms with E-state index >= 15 is 0 Å². The summed E-state index contributed by atoms with van der Waals surface area (Å²) in [4.78, 5) is 0. The number of hydrogen-bond acceptors (Lipinski definition) is 1. The van der Waals surface area contributed by atoms with Gasteiger partial charge in [-0.05, 0) is 73.2 Å². The summed E-state index contributed by atoms with van der Waals surface area (Å²) in [6.45, 7) is 8.75. The van der Waals surface area contributed by atoms with Crippen LogP contribution in [0.15, 0.2) is 65.3 Å². The van der Waals surface area contributed by atoms with Gasteiger partial charge in [0.15, 0.2) is 0 Å². The van der Waals surface area contributed by atoms with Gasteiger partial charge in [0.1, 0.15) is 5.58 Å². The Kier molecular flexibility index (Phi) is 5.23. The number of fused-ring (bicyclic) bond motifs is 1. The smallest absolute Gasteiger partial charge is 0.133 e. The molecule has 1 heterocycles. The van der Waals surface area contributed by atoms with Crippen molar-refractivity contribution in [3.63, 3.8) is 0 Å². The molecule has 0 amide bonds. The van der Waals surface area contributed by atoms with Crippen molar-refractivity contribution >= 4 is 22.1 Å². The summed E-state index contributed by atoms with van der Waals surface area (Å²) in [6.07, 6.45) is 8.63. The van der Waals surface area contributed by atoms with E-state index in [4.69, 9.17) is 4.42 Å². The highest BCUT2D eigenvalue weighted by Crippen LogP contribution is 2.28. The average molecular weight is 330 g/mol. The normalized spacial score (nSPS) is 12.8. The summed E-state index contributed by atoms with van der Waals surface area (Å²) in [6, 6.07) is 15.1. The quantitative estimate of drug-likeness (QED) is 0.446. The molecule has 0 unspecified atom stereocenters. The first-order chi connectivity index (χ1) is 12.1. The monoisotopic (exact) mass is 330 g/mol. The van der Waals surface area contributed by atoms with Crippen molar-refractivity contribution in [3.8, 4) is 0 Å². The third-order valence-electron chi connectivity index (χ3n) is 4.62. The van der Waals surface area contributed by atoms with E-state index in [0.29, 0.717) is 0 Å². The molecule has 128 valence electrons. The van der Waals surface area contributed by atoms with Crippen LogP contribution in [-0.2, 0) is 0 Å². The number of allylic oxidation sites excluding steroid dienone is 4.